The van der Waals surface area contributed by atoms with Crippen molar-refractivity contribution in [3.8, 4) is 0 Å². The maximum Gasteiger partial charge on any atom is 0.186 e. The van der Waals surface area contributed by atoms with Gasteiger partial charge in [0, 0.05) is 0 Å². The van der Waals surface area contributed by atoms with Crippen LogP contribution in [0.15, 0.2) is 0 Å². The zero-order valence-corrected chi connectivity index (χ0v) is 11.8. The van der Waals surface area contributed by atoms with E-state index >= 15 is 0 Å². The van der Waals surface area contributed by atoms with Gasteiger partial charge in [-0.15, -0.1) is 0 Å². The van der Waals surface area contributed by atoms with Crippen LogP contribution >= 0.6 is 0 Å². The van der Waals surface area contributed by atoms with Gasteiger partial charge in [0.15, 0.2) is 6.29 Å². The fourth-order valence-corrected chi connectivity index (χ4v) is 2.04. The first-order valence-corrected chi connectivity index (χ1v) is 6.87. The van der Waals surface area contributed by atoms with Gasteiger partial charge >= 0.3 is 0 Å². The Morgan fingerprint density at radius 2 is 1.76 bits per heavy atom. The summed E-state index contributed by atoms with van der Waals surface area (Å²) in [5, 5.41) is 57.1. The van der Waals surface area contributed by atoms with Crippen molar-refractivity contribution in [3.63, 3.8) is 0 Å². The van der Waals surface area contributed by atoms with Crippen molar-refractivity contribution < 1.29 is 40.1 Å². The Kier molecular flexibility index (Phi) is 7.40. The first kappa shape index (κ1) is 18.7. The molecule has 1 saturated heterocycles. The highest BCUT2D eigenvalue weighted by Crippen LogP contribution is 2.22. The monoisotopic (exact) mass is 311 g/mol. The van der Waals surface area contributed by atoms with E-state index in [2.05, 4.69) is 0 Å². The van der Waals surface area contributed by atoms with Crippen molar-refractivity contribution in [1.29, 1.82) is 0 Å². The first-order chi connectivity index (χ1) is 9.83. The molecule has 1 aliphatic heterocycles. The molecule has 8 N–H and O–H groups in total. The molecular formula is C12H25NO8. The third kappa shape index (κ3) is 4.55. The summed E-state index contributed by atoms with van der Waals surface area (Å²) in [7, 11) is 0. The van der Waals surface area contributed by atoms with E-state index in [0.717, 1.165) is 0 Å². The molecule has 0 aliphatic carbocycles. The lowest BCUT2D eigenvalue weighted by Gasteiger charge is -2.40. The largest absolute Gasteiger partial charge is 0.394 e. The summed E-state index contributed by atoms with van der Waals surface area (Å²) in [6.07, 6.45) is -8.81. The van der Waals surface area contributed by atoms with Crippen molar-refractivity contribution in [2.75, 3.05) is 13.2 Å². The molecule has 21 heavy (non-hydrogen) atoms. The van der Waals surface area contributed by atoms with Crippen LogP contribution in [0.3, 0.4) is 0 Å². The smallest absolute Gasteiger partial charge is 0.186 e. The third-order valence-corrected chi connectivity index (χ3v) is 3.55. The lowest BCUT2D eigenvalue weighted by Crippen LogP contribution is -2.60. The predicted molar refractivity (Wildman–Crippen MR) is 70.0 cm³/mol. The lowest BCUT2D eigenvalue weighted by atomic mass is 9.99. The maximum absolute atomic E-state index is 9.73. The van der Waals surface area contributed by atoms with Gasteiger partial charge in [0.1, 0.15) is 24.4 Å². The molecule has 1 heterocycles. The molecular weight excluding hydrogens is 286 g/mol. The number of hydrogen-bond acceptors (Lipinski definition) is 9. The second kappa shape index (κ2) is 8.32. The molecule has 1 aliphatic rings. The zero-order chi connectivity index (χ0) is 16.2. The fraction of sp³-hybridized carbons (Fsp3) is 1.00. The van der Waals surface area contributed by atoms with Crippen molar-refractivity contribution >= 4 is 0 Å². The SMILES string of the molecule is CCC(O)C(O)C(N)COC1OC(CO)C(O)C(O)C1O. The lowest BCUT2D eigenvalue weighted by molar-refractivity contribution is -0.302. The van der Waals surface area contributed by atoms with Crippen LogP contribution < -0.4 is 5.73 Å². The average molecular weight is 311 g/mol. The molecule has 8 unspecified atom stereocenters. The van der Waals surface area contributed by atoms with E-state index in [9.17, 15) is 25.5 Å². The molecule has 0 aromatic rings. The molecule has 0 bridgehead atoms. The molecule has 0 amide bonds. The maximum atomic E-state index is 9.73. The van der Waals surface area contributed by atoms with Gasteiger partial charge in [0.2, 0.25) is 0 Å². The number of ether oxygens (including phenoxy) is 2. The fourth-order valence-electron chi connectivity index (χ4n) is 2.04. The van der Waals surface area contributed by atoms with E-state index in [-0.39, 0.29) is 6.61 Å². The molecule has 0 radical (unpaired) electrons. The molecule has 0 saturated carbocycles. The molecule has 0 aromatic carbocycles. The number of aliphatic hydroxyl groups excluding tert-OH is 6. The summed E-state index contributed by atoms with van der Waals surface area (Å²) in [5.74, 6) is 0. The van der Waals surface area contributed by atoms with Crippen LogP contribution in [0.25, 0.3) is 0 Å². The number of rotatable bonds is 7. The van der Waals surface area contributed by atoms with Crippen LogP contribution in [0.4, 0.5) is 0 Å². The minimum Gasteiger partial charge on any atom is -0.394 e. The second-order valence-corrected chi connectivity index (χ2v) is 5.16. The highest BCUT2D eigenvalue weighted by atomic mass is 16.7. The van der Waals surface area contributed by atoms with Gasteiger partial charge in [-0.25, -0.2) is 0 Å². The molecule has 0 spiro atoms. The van der Waals surface area contributed by atoms with Gasteiger partial charge in [0.05, 0.1) is 31.5 Å². The topological polar surface area (TPSA) is 166 Å². The molecule has 0 aromatic heterocycles. The van der Waals surface area contributed by atoms with Gasteiger partial charge in [0.25, 0.3) is 0 Å². The Morgan fingerprint density at radius 3 is 2.29 bits per heavy atom. The second-order valence-electron chi connectivity index (χ2n) is 5.16. The van der Waals surface area contributed by atoms with Crippen molar-refractivity contribution in [2.24, 2.45) is 5.73 Å². The van der Waals surface area contributed by atoms with E-state index in [1.165, 1.54) is 0 Å². The Morgan fingerprint density at radius 1 is 1.14 bits per heavy atom. The third-order valence-electron chi connectivity index (χ3n) is 3.55. The van der Waals surface area contributed by atoms with E-state index in [0.29, 0.717) is 6.42 Å². The summed E-state index contributed by atoms with van der Waals surface area (Å²) in [5.41, 5.74) is 5.65. The van der Waals surface area contributed by atoms with E-state index < -0.39 is 55.6 Å². The van der Waals surface area contributed by atoms with Crippen LogP contribution in [0, 0.1) is 0 Å². The van der Waals surface area contributed by atoms with E-state index in [4.69, 9.17) is 20.3 Å². The summed E-state index contributed by atoms with van der Waals surface area (Å²) in [6.45, 7) is 0.869. The minimum absolute atomic E-state index is 0.249. The van der Waals surface area contributed by atoms with Gasteiger partial charge < -0.3 is 45.8 Å². The Labute approximate surface area is 122 Å². The Bertz CT molecular complexity index is 305. The highest BCUT2D eigenvalue weighted by molar-refractivity contribution is 4.89. The molecule has 8 atom stereocenters. The summed E-state index contributed by atoms with van der Waals surface area (Å²) >= 11 is 0. The molecule has 126 valence electrons. The Balaban J connectivity index is 2.53. The minimum atomic E-state index is -1.54. The quantitative estimate of drug-likeness (QED) is 0.250. The first-order valence-electron chi connectivity index (χ1n) is 6.87. The summed E-state index contributed by atoms with van der Waals surface area (Å²) in [6, 6.07) is -0.924. The van der Waals surface area contributed by atoms with Crippen LogP contribution in [0.1, 0.15) is 13.3 Å². The number of aliphatic hydroxyl groups is 6. The van der Waals surface area contributed by atoms with Crippen molar-refractivity contribution in [1.82, 2.24) is 0 Å². The molecule has 1 rings (SSSR count). The van der Waals surface area contributed by atoms with E-state index in [1.807, 2.05) is 0 Å². The van der Waals surface area contributed by atoms with E-state index in [1.54, 1.807) is 6.92 Å². The van der Waals surface area contributed by atoms with Gasteiger partial charge in [-0.1, -0.05) is 6.92 Å². The molecule has 9 nitrogen and oxygen atoms in total. The zero-order valence-electron chi connectivity index (χ0n) is 11.8. The predicted octanol–water partition coefficient (Wildman–Crippen LogP) is -3.74. The normalized spacial score (nSPS) is 38.0. The standard InChI is InChI=1S/C12H25NO8/c1-2-6(15)8(16)5(13)4-20-12-11(19)10(18)9(17)7(3-14)21-12/h5-12,14-19H,2-4,13H2,1H3. The van der Waals surface area contributed by atoms with Gasteiger partial charge in [-0.05, 0) is 6.42 Å². The van der Waals surface area contributed by atoms with Crippen molar-refractivity contribution in [2.45, 2.75) is 62.3 Å². The van der Waals surface area contributed by atoms with Crippen molar-refractivity contribution in [3.05, 3.63) is 0 Å². The van der Waals surface area contributed by atoms with Crippen LogP contribution in [0.5, 0.6) is 0 Å². The van der Waals surface area contributed by atoms with Gasteiger partial charge in [-0.2, -0.15) is 0 Å². The highest BCUT2D eigenvalue weighted by Gasteiger charge is 2.44. The van der Waals surface area contributed by atoms with Crippen LogP contribution in [-0.2, 0) is 9.47 Å². The average Bonchev–Trinajstić information content (AvgIpc) is 2.50. The van der Waals surface area contributed by atoms with Crippen LogP contribution in [-0.4, -0.2) is 92.8 Å². The molecule has 1 fully saturated rings. The number of hydrogen-bond donors (Lipinski definition) is 7. The molecule has 9 heteroatoms. The Hall–Kier alpha value is -0.360. The summed E-state index contributed by atoms with van der Waals surface area (Å²) in [4.78, 5) is 0. The van der Waals surface area contributed by atoms with Gasteiger partial charge in [-0.3, -0.25) is 0 Å². The summed E-state index contributed by atoms with van der Waals surface area (Å²) < 4.78 is 10.3. The number of nitrogens with two attached hydrogens (primary N) is 1. The van der Waals surface area contributed by atoms with Crippen LogP contribution in [0.2, 0.25) is 0 Å².